The lowest BCUT2D eigenvalue weighted by atomic mass is 9.89. The summed E-state index contributed by atoms with van der Waals surface area (Å²) in [5.41, 5.74) is 2.15. The van der Waals surface area contributed by atoms with Gasteiger partial charge in [0.15, 0.2) is 0 Å². The quantitative estimate of drug-likeness (QED) is 0.858. The van der Waals surface area contributed by atoms with Crippen LogP contribution in [-0.2, 0) is 16.1 Å². The molecule has 0 spiro atoms. The van der Waals surface area contributed by atoms with Gasteiger partial charge >= 0.3 is 0 Å². The summed E-state index contributed by atoms with van der Waals surface area (Å²) in [4.78, 5) is 15.0. The Morgan fingerprint density at radius 1 is 1.38 bits per heavy atom. The third kappa shape index (κ3) is 2.97. The molecule has 2 unspecified atom stereocenters. The molecule has 0 aromatic heterocycles. The fraction of sp³-hybridized carbons (Fsp3) is 0.588. The lowest BCUT2D eigenvalue weighted by Gasteiger charge is -2.43. The Bertz CT molecular complexity index is 541. The van der Waals surface area contributed by atoms with E-state index in [1.807, 2.05) is 24.0 Å². The van der Waals surface area contributed by atoms with Gasteiger partial charge in [-0.15, -0.1) is 0 Å². The standard InChI is InChI=1S/C17H24N2O2/c1-12-10-19(11-17(2,3)21-12)16(20)15-9-18-8-13-6-4-5-7-14(13)15/h4-7,12,15,18H,8-11H2,1-3H3. The van der Waals surface area contributed by atoms with Gasteiger partial charge < -0.3 is 15.0 Å². The van der Waals surface area contributed by atoms with Crippen LogP contribution in [0.5, 0.6) is 0 Å². The number of fused-ring (bicyclic) bond motifs is 1. The molecule has 4 heteroatoms. The molecule has 1 amide bonds. The first-order chi connectivity index (χ1) is 9.96. The molecule has 0 bridgehead atoms. The number of nitrogens with zero attached hydrogens (tertiary/aromatic N) is 1. The van der Waals surface area contributed by atoms with Crippen LogP contribution in [0.2, 0.25) is 0 Å². The maximum Gasteiger partial charge on any atom is 0.231 e. The van der Waals surface area contributed by atoms with E-state index in [0.29, 0.717) is 13.1 Å². The highest BCUT2D eigenvalue weighted by molar-refractivity contribution is 5.85. The summed E-state index contributed by atoms with van der Waals surface area (Å²) < 4.78 is 5.90. The van der Waals surface area contributed by atoms with Crippen LogP contribution in [-0.4, -0.2) is 42.1 Å². The summed E-state index contributed by atoms with van der Waals surface area (Å²) in [5.74, 6) is 0.147. The second-order valence-corrected chi connectivity index (χ2v) is 6.79. The zero-order valence-electron chi connectivity index (χ0n) is 13.1. The largest absolute Gasteiger partial charge is 0.369 e. The maximum atomic E-state index is 13.0. The van der Waals surface area contributed by atoms with E-state index in [2.05, 4.69) is 31.3 Å². The molecule has 4 nitrogen and oxygen atoms in total. The normalized spacial score (nSPS) is 28.0. The minimum Gasteiger partial charge on any atom is -0.369 e. The summed E-state index contributed by atoms with van der Waals surface area (Å²) >= 11 is 0. The highest BCUT2D eigenvalue weighted by Crippen LogP contribution is 2.28. The van der Waals surface area contributed by atoms with Gasteiger partial charge in [0.2, 0.25) is 5.91 Å². The average molecular weight is 288 g/mol. The number of benzene rings is 1. The van der Waals surface area contributed by atoms with Crippen LogP contribution in [0.3, 0.4) is 0 Å². The molecule has 0 saturated carbocycles. The minimum atomic E-state index is -0.269. The van der Waals surface area contributed by atoms with Gasteiger partial charge in [-0.25, -0.2) is 0 Å². The summed E-state index contributed by atoms with van der Waals surface area (Å²) in [6.45, 7) is 9.06. The van der Waals surface area contributed by atoms with Gasteiger partial charge in [0.1, 0.15) is 0 Å². The van der Waals surface area contributed by atoms with Gasteiger partial charge in [-0.1, -0.05) is 24.3 Å². The summed E-state index contributed by atoms with van der Waals surface area (Å²) in [6.07, 6.45) is 0.0875. The van der Waals surface area contributed by atoms with Crippen LogP contribution in [0, 0.1) is 0 Å². The van der Waals surface area contributed by atoms with E-state index >= 15 is 0 Å². The molecule has 0 aliphatic carbocycles. The maximum absolute atomic E-state index is 13.0. The van der Waals surface area contributed by atoms with Crippen LogP contribution >= 0.6 is 0 Å². The number of ether oxygens (including phenoxy) is 1. The van der Waals surface area contributed by atoms with Crippen molar-refractivity contribution in [2.75, 3.05) is 19.6 Å². The van der Waals surface area contributed by atoms with Crippen molar-refractivity contribution in [3.63, 3.8) is 0 Å². The minimum absolute atomic E-state index is 0.0731. The SMILES string of the molecule is CC1CN(C(=O)C2CNCc3ccccc32)CC(C)(C)O1. The van der Waals surface area contributed by atoms with Crippen LogP contribution < -0.4 is 5.32 Å². The van der Waals surface area contributed by atoms with E-state index in [9.17, 15) is 4.79 Å². The fourth-order valence-electron chi connectivity index (χ4n) is 3.56. The first-order valence-electron chi connectivity index (χ1n) is 7.71. The number of morpholine rings is 1. The predicted molar refractivity (Wildman–Crippen MR) is 82.1 cm³/mol. The Morgan fingerprint density at radius 2 is 2.14 bits per heavy atom. The molecule has 2 aliphatic rings. The van der Waals surface area contributed by atoms with E-state index in [-0.39, 0.29) is 23.5 Å². The molecule has 114 valence electrons. The highest BCUT2D eigenvalue weighted by atomic mass is 16.5. The van der Waals surface area contributed by atoms with Crippen LogP contribution in [0.25, 0.3) is 0 Å². The first kappa shape index (κ1) is 14.5. The van der Waals surface area contributed by atoms with E-state index < -0.39 is 0 Å². The number of carbonyl (C=O) groups is 1. The van der Waals surface area contributed by atoms with Gasteiger partial charge in [0.05, 0.1) is 17.6 Å². The zero-order chi connectivity index (χ0) is 15.0. The molecule has 0 radical (unpaired) electrons. The van der Waals surface area contributed by atoms with Gasteiger partial charge in [-0.2, -0.15) is 0 Å². The Morgan fingerprint density at radius 3 is 2.90 bits per heavy atom. The van der Waals surface area contributed by atoms with Crippen molar-refractivity contribution in [2.45, 2.75) is 44.9 Å². The van der Waals surface area contributed by atoms with Crippen molar-refractivity contribution in [1.29, 1.82) is 0 Å². The van der Waals surface area contributed by atoms with Gasteiger partial charge in [-0.05, 0) is 31.9 Å². The number of amides is 1. The number of rotatable bonds is 1. The van der Waals surface area contributed by atoms with E-state index in [1.165, 1.54) is 11.1 Å². The Kier molecular flexibility index (Phi) is 3.76. The van der Waals surface area contributed by atoms with Crippen molar-refractivity contribution < 1.29 is 9.53 Å². The third-order valence-corrected chi connectivity index (χ3v) is 4.27. The second-order valence-electron chi connectivity index (χ2n) is 6.79. The molecular weight excluding hydrogens is 264 g/mol. The highest BCUT2D eigenvalue weighted by Gasteiger charge is 2.37. The molecule has 1 aromatic rings. The summed E-state index contributed by atoms with van der Waals surface area (Å²) in [5, 5.41) is 3.36. The van der Waals surface area contributed by atoms with Crippen molar-refractivity contribution in [3.8, 4) is 0 Å². The number of hydrogen-bond acceptors (Lipinski definition) is 3. The van der Waals surface area contributed by atoms with Crippen molar-refractivity contribution in [2.24, 2.45) is 0 Å². The lowest BCUT2D eigenvalue weighted by Crippen LogP contribution is -2.55. The number of carbonyl (C=O) groups excluding carboxylic acids is 1. The van der Waals surface area contributed by atoms with Gasteiger partial charge in [-0.3, -0.25) is 4.79 Å². The molecular formula is C17H24N2O2. The molecule has 2 aliphatic heterocycles. The summed E-state index contributed by atoms with van der Waals surface area (Å²) in [7, 11) is 0. The smallest absolute Gasteiger partial charge is 0.231 e. The monoisotopic (exact) mass is 288 g/mol. The van der Waals surface area contributed by atoms with Crippen LogP contribution in [0.1, 0.15) is 37.8 Å². The molecule has 1 saturated heterocycles. The van der Waals surface area contributed by atoms with Crippen LogP contribution in [0.15, 0.2) is 24.3 Å². The molecule has 1 fully saturated rings. The number of hydrogen-bond donors (Lipinski definition) is 1. The van der Waals surface area contributed by atoms with Gasteiger partial charge in [0.25, 0.3) is 0 Å². The molecule has 1 N–H and O–H groups in total. The summed E-state index contributed by atoms with van der Waals surface area (Å²) in [6, 6.07) is 8.25. The van der Waals surface area contributed by atoms with Gasteiger partial charge in [0, 0.05) is 26.2 Å². The molecule has 1 aromatic carbocycles. The average Bonchev–Trinajstić information content (AvgIpc) is 2.44. The van der Waals surface area contributed by atoms with Crippen molar-refractivity contribution in [3.05, 3.63) is 35.4 Å². The molecule has 2 atom stereocenters. The Hall–Kier alpha value is -1.39. The molecule has 2 heterocycles. The second kappa shape index (κ2) is 5.43. The fourth-order valence-corrected chi connectivity index (χ4v) is 3.56. The lowest BCUT2D eigenvalue weighted by molar-refractivity contribution is -0.159. The third-order valence-electron chi connectivity index (χ3n) is 4.27. The molecule has 3 rings (SSSR count). The number of nitrogens with one attached hydrogen (secondary N) is 1. The Balaban J connectivity index is 1.83. The van der Waals surface area contributed by atoms with E-state index in [0.717, 1.165) is 13.1 Å². The predicted octanol–water partition coefficient (Wildman–Crippen LogP) is 1.90. The van der Waals surface area contributed by atoms with E-state index in [1.54, 1.807) is 0 Å². The van der Waals surface area contributed by atoms with Crippen LogP contribution in [0.4, 0.5) is 0 Å². The van der Waals surface area contributed by atoms with Crippen molar-refractivity contribution >= 4 is 5.91 Å². The first-order valence-corrected chi connectivity index (χ1v) is 7.71. The van der Waals surface area contributed by atoms with E-state index in [4.69, 9.17) is 4.74 Å². The molecule has 21 heavy (non-hydrogen) atoms. The van der Waals surface area contributed by atoms with Crippen molar-refractivity contribution in [1.82, 2.24) is 10.2 Å². The zero-order valence-corrected chi connectivity index (χ0v) is 13.1. The Labute approximate surface area is 126 Å². The topological polar surface area (TPSA) is 41.6 Å².